The molecule has 0 aliphatic carbocycles. The molecule has 0 spiro atoms. The van der Waals surface area contributed by atoms with Crippen LogP contribution in [-0.2, 0) is 4.74 Å². The second-order valence-electron chi connectivity index (χ2n) is 6.55. The number of likely N-dealkylation sites (N-methyl/N-ethyl adjacent to an activating group) is 1. The van der Waals surface area contributed by atoms with E-state index in [1.807, 2.05) is 13.8 Å². The summed E-state index contributed by atoms with van der Waals surface area (Å²) < 4.78 is 5.50. The summed E-state index contributed by atoms with van der Waals surface area (Å²) in [5.41, 5.74) is 1.30. The van der Waals surface area contributed by atoms with Gasteiger partial charge < -0.3 is 14.7 Å². The van der Waals surface area contributed by atoms with Crippen molar-refractivity contribution in [3.8, 4) is 0 Å². The van der Waals surface area contributed by atoms with Gasteiger partial charge in [-0.2, -0.15) is 0 Å². The standard InChI is InChI=1S/C18H30N2O2/c1-15(2)22-14-18(21)13-19(3)17-10-7-11-20(12-17)16-8-5-4-6-9-16/h4-6,8-9,15,17-18,21H,7,10-14H2,1-3H3/t17-,18-/m0/s1. The van der Waals surface area contributed by atoms with Crippen LogP contribution >= 0.6 is 0 Å². The number of aliphatic hydroxyl groups excluding tert-OH is 1. The Morgan fingerprint density at radius 1 is 1.32 bits per heavy atom. The zero-order valence-electron chi connectivity index (χ0n) is 14.1. The van der Waals surface area contributed by atoms with Crippen LogP contribution in [0.1, 0.15) is 26.7 Å². The lowest BCUT2D eigenvalue weighted by Crippen LogP contribution is -2.49. The summed E-state index contributed by atoms with van der Waals surface area (Å²) in [6.07, 6.45) is 2.14. The van der Waals surface area contributed by atoms with Crippen LogP contribution < -0.4 is 4.90 Å². The Morgan fingerprint density at radius 2 is 2.05 bits per heavy atom. The van der Waals surface area contributed by atoms with Gasteiger partial charge in [-0.1, -0.05) is 18.2 Å². The first kappa shape index (κ1) is 17.3. The van der Waals surface area contributed by atoms with Crippen molar-refractivity contribution in [2.75, 3.05) is 38.2 Å². The van der Waals surface area contributed by atoms with Crippen molar-refractivity contribution < 1.29 is 9.84 Å². The van der Waals surface area contributed by atoms with Gasteiger partial charge in [0.25, 0.3) is 0 Å². The molecule has 1 fully saturated rings. The zero-order chi connectivity index (χ0) is 15.9. The van der Waals surface area contributed by atoms with E-state index in [9.17, 15) is 5.11 Å². The molecule has 0 bridgehead atoms. The van der Waals surface area contributed by atoms with Crippen molar-refractivity contribution in [1.29, 1.82) is 0 Å². The topological polar surface area (TPSA) is 35.9 Å². The monoisotopic (exact) mass is 306 g/mol. The summed E-state index contributed by atoms with van der Waals surface area (Å²) in [5, 5.41) is 10.1. The van der Waals surface area contributed by atoms with Gasteiger partial charge in [0, 0.05) is 31.4 Å². The van der Waals surface area contributed by atoms with Gasteiger partial charge >= 0.3 is 0 Å². The number of rotatable bonds is 7. The van der Waals surface area contributed by atoms with E-state index in [1.54, 1.807) is 0 Å². The molecule has 1 saturated heterocycles. The Kier molecular flexibility index (Phi) is 6.68. The Bertz CT molecular complexity index is 424. The molecule has 0 unspecified atom stereocenters. The smallest absolute Gasteiger partial charge is 0.0900 e. The van der Waals surface area contributed by atoms with E-state index in [1.165, 1.54) is 18.5 Å². The Morgan fingerprint density at radius 3 is 2.73 bits per heavy atom. The highest BCUT2D eigenvalue weighted by molar-refractivity contribution is 5.46. The molecule has 1 aromatic carbocycles. The Hall–Kier alpha value is -1.10. The highest BCUT2D eigenvalue weighted by atomic mass is 16.5. The molecule has 0 amide bonds. The fourth-order valence-electron chi connectivity index (χ4n) is 3.03. The van der Waals surface area contributed by atoms with Crippen LogP contribution in [0.5, 0.6) is 0 Å². The highest BCUT2D eigenvalue weighted by Gasteiger charge is 2.24. The third-order valence-electron chi connectivity index (χ3n) is 4.26. The highest BCUT2D eigenvalue weighted by Crippen LogP contribution is 2.21. The maximum atomic E-state index is 10.1. The lowest BCUT2D eigenvalue weighted by molar-refractivity contribution is -0.0108. The first-order chi connectivity index (χ1) is 10.6. The van der Waals surface area contributed by atoms with Crippen LogP contribution in [0.2, 0.25) is 0 Å². The summed E-state index contributed by atoms with van der Waals surface area (Å²) in [6, 6.07) is 11.1. The van der Waals surface area contributed by atoms with Crippen LogP contribution in [0.25, 0.3) is 0 Å². The molecule has 0 radical (unpaired) electrons. The van der Waals surface area contributed by atoms with Crippen molar-refractivity contribution >= 4 is 5.69 Å². The molecule has 1 aromatic rings. The van der Waals surface area contributed by atoms with Crippen molar-refractivity contribution in [3.63, 3.8) is 0 Å². The first-order valence-electron chi connectivity index (χ1n) is 8.36. The van der Waals surface area contributed by atoms with E-state index in [2.05, 4.69) is 47.2 Å². The number of ether oxygens (including phenoxy) is 1. The summed E-state index contributed by atoms with van der Waals surface area (Å²) in [5.74, 6) is 0. The minimum Gasteiger partial charge on any atom is -0.389 e. The van der Waals surface area contributed by atoms with E-state index in [0.29, 0.717) is 19.2 Å². The van der Waals surface area contributed by atoms with Crippen LogP contribution in [0.3, 0.4) is 0 Å². The lowest BCUT2D eigenvalue weighted by Gasteiger charge is -2.39. The van der Waals surface area contributed by atoms with E-state index in [-0.39, 0.29) is 6.10 Å². The predicted octanol–water partition coefficient (Wildman–Crippen LogP) is 2.37. The average Bonchev–Trinajstić information content (AvgIpc) is 2.54. The SMILES string of the molecule is CC(C)OC[C@@H](O)CN(C)[C@H]1CCCN(c2ccccc2)C1. The van der Waals surface area contributed by atoms with E-state index in [4.69, 9.17) is 4.74 Å². The van der Waals surface area contributed by atoms with E-state index >= 15 is 0 Å². The molecular formula is C18H30N2O2. The molecule has 2 atom stereocenters. The quantitative estimate of drug-likeness (QED) is 0.839. The Labute approximate surface area is 134 Å². The largest absolute Gasteiger partial charge is 0.389 e. The molecule has 0 aromatic heterocycles. The van der Waals surface area contributed by atoms with Gasteiger partial charge in [-0.25, -0.2) is 0 Å². The van der Waals surface area contributed by atoms with Gasteiger partial charge in [-0.3, -0.25) is 4.90 Å². The Balaban J connectivity index is 1.83. The fourth-order valence-corrected chi connectivity index (χ4v) is 3.03. The predicted molar refractivity (Wildman–Crippen MR) is 91.4 cm³/mol. The first-order valence-corrected chi connectivity index (χ1v) is 8.36. The van der Waals surface area contributed by atoms with Crippen molar-refractivity contribution in [2.45, 2.75) is 44.9 Å². The fraction of sp³-hybridized carbons (Fsp3) is 0.667. The third kappa shape index (κ3) is 5.27. The molecular weight excluding hydrogens is 276 g/mol. The number of hydrogen-bond donors (Lipinski definition) is 1. The number of benzene rings is 1. The number of hydrogen-bond acceptors (Lipinski definition) is 4. The van der Waals surface area contributed by atoms with Crippen LogP contribution in [0.15, 0.2) is 30.3 Å². The lowest BCUT2D eigenvalue weighted by atomic mass is 10.0. The molecule has 1 aliphatic rings. The molecule has 124 valence electrons. The van der Waals surface area contributed by atoms with Crippen LogP contribution in [0.4, 0.5) is 5.69 Å². The number of anilines is 1. The third-order valence-corrected chi connectivity index (χ3v) is 4.26. The second-order valence-corrected chi connectivity index (χ2v) is 6.55. The van der Waals surface area contributed by atoms with Crippen LogP contribution in [0, 0.1) is 0 Å². The zero-order valence-corrected chi connectivity index (χ0v) is 14.1. The van der Waals surface area contributed by atoms with Crippen molar-refractivity contribution in [2.24, 2.45) is 0 Å². The minimum absolute atomic E-state index is 0.170. The van der Waals surface area contributed by atoms with Gasteiger partial charge in [0.15, 0.2) is 0 Å². The van der Waals surface area contributed by atoms with E-state index in [0.717, 1.165) is 13.1 Å². The average molecular weight is 306 g/mol. The van der Waals surface area contributed by atoms with E-state index < -0.39 is 6.10 Å². The maximum absolute atomic E-state index is 10.1. The van der Waals surface area contributed by atoms with Crippen molar-refractivity contribution in [3.05, 3.63) is 30.3 Å². The summed E-state index contributed by atoms with van der Waals surface area (Å²) in [4.78, 5) is 4.73. The number of piperidine rings is 1. The van der Waals surface area contributed by atoms with Gasteiger partial charge in [-0.15, -0.1) is 0 Å². The summed E-state index contributed by atoms with van der Waals surface area (Å²) in [7, 11) is 2.11. The molecule has 1 heterocycles. The number of nitrogens with zero attached hydrogens (tertiary/aromatic N) is 2. The normalized spacial score (nSPS) is 20.6. The molecule has 2 rings (SSSR count). The molecule has 4 heteroatoms. The summed E-state index contributed by atoms with van der Waals surface area (Å²) in [6.45, 7) is 7.22. The molecule has 22 heavy (non-hydrogen) atoms. The maximum Gasteiger partial charge on any atom is 0.0900 e. The summed E-state index contributed by atoms with van der Waals surface area (Å²) >= 11 is 0. The molecule has 4 nitrogen and oxygen atoms in total. The molecule has 1 N–H and O–H groups in total. The van der Waals surface area contributed by atoms with Gasteiger partial charge in [0.05, 0.1) is 18.8 Å². The van der Waals surface area contributed by atoms with Crippen LogP contribution in [-0.4, -0.2) is 61.5 Å². The number of aliphatic hydroxyl groups is 1. The van der Waals surface area contributed by atoms with Gasteiger partial charge in [-0.05, 0) is 45.9 Å². The van der Waals surface area contributed by atoms with Gasteiger partial charge in [0.2, 0.25) is 0 Å². The molecule has 0 saturated carbocycles. The minimum atomic E-state index is -0.417. The number of para-hydroxylation sites is 1. The molecule has 1 aliphatic heterocycles. The van der Waals surface area contributed by atoms with Crippen molar-refractivity contribution in [1.82, 2.24) is 4.90 Å². The second kappa shape index (κ2) is 8.51. The van der Waals surface area contributed by atoms with Gasteiger partial charge in [0.1, 0.15) is 0 Å².